The number of fused-ring (bicyclic) bond motifs is 1. The van der Waals surface area contributed by atoms with Crippen molar-refractivity contribution in [1.29, 1.82) is 0 Å². The van der Waals surface area contributed by atoms with E-state index < -0.39 is 10.0 Å². The third-order valence-corrected chi connectivity index (χ3v) is 5.28. The van der Waals surface area contributed by atoms with Crippen LogP contribution in [0.3, 0.4) is 0 Å². The van der Waals surface area contributed by atoms with Crippen LogP contribution < -0.4 is 4.72 Å². The van der Waals surface area contributed by atoms with Crippen LogP contribution in [0.25, 0.3) is 10.9 Å². The highest BCUT2D eigenvalue weighted by molar-refractivity contribution is 7.88. The molecule has 1 aromatic heterocycles. The van der Waals surface area contributed by atoms with Crippen molar-refractivity contribution in [2.75, 3.05) is 6.54 Å². The van der Waals surface area contributed by atoms with Crippen molar-refractivity contribution >= 4 is 20.9 Å². The molecule has 2 N–H and O–H groups in total. The number of H-pyrrole nitrogens is 1. The molecular weight excluding hydrogens is 308 g/mol. The van der Waals surface area contributed by atoms with Crippen LogP contribution in [0.2, 0.25) is 0 Å². The van der Waals surface area contributed by atoms with Crippen LogP contribution >= 0.6 is 0 Å². The van der Waals surface area contributed by atoms with E-state index in [1.165, 1.54) is 5.56 Å². The molecule has 0 aliphatic carbocycles. The maximum absolute atomic E-state index is 12.2. The zero-order valence-electron chi connectivity index (χ0n) is 13.0. The lowest BCUT2D eigenvalue weighted by atomic mass is 10.1. The van der Waals surface area contributed by atoms with Gasteiger partial charge in [0, 0.05) is 23.1 Å². The third kappa shape index (κ3) is 3.81. The second kappa shape index (κ2) is 6.56. The lowest BCUT2D eigenvalue weighted by Crippen LogP contribution is -2.27. The van der Waals surface area contributed by atoms with E-state index in [-0.39, 0.29) is 5.75 Å². The molecule has 4 nitrogen and oxygen atoms in total. The molecule has 0 amide bonds. The Labute approximate surface area is 136 Å². The van der Waals surface area contributed by atoms with Gasteiger partial charge in [0.25, 0.3) is 0 Å². The molecule has 0 spiro atoms. The fraction of sp³-hybridized carbons (Fsp3) is 0.222. The number of aromatic amines is 1. The highest BCUT2D eigenvalue weighted by Gasteiger charge is 2.12. The van der Waals surface area contributed by atoms with Gasteiger partial charge in [-0.25, -0.2) is 13.1 Å². The molecule has 3 rings (SSSR count). The smallest absolute Gasteiger partial charge is 0.215 e. The van der Waals surface area contributed by atoms with E-state index in [9.17, 15) is 8.42 Å². The zero-order chi connectivity index (χ0) is 16.3. The minimum Gasteiger partial charge on any atom is -0.358 e. The molecule has 0 aliphatic rings. The number of rotatable bonds is 6. The Morgan fingerprint density at radius 3 is 2.48 bits per heavy atom. The van der Waals surface area contributed by atoms with Crippen molar-refractivity contribution in [3.63, 3.8) is 0 Å². The first kappa shape index (κ1) is 15.8. The molecule has 0 unspecified atom stereocenters. The Hall–Kier alpha value is -2.11. The van der Waals surface area contributed by atoms with E-state index in [4.69, 9.17) is 0 Å². The quantitative estimate of drug-likeness (QED) is 0.730. The largest absolute Gasteiger partial charge is 0.358 e. The summed E-state index contributed by atoms with van der Waals surface area (Å²) in [5, 5.41) is 1.16. The number of aromatic nitrogens is 1. The first-order valence-corrected chi connectivity index (χ1v) is 9.28. The van der Waals surface area contributed by atoms with Gasteiger partial charge < -0.3 is 4.98 Å². The average molecular weight is 328 g/mol. The standard InChI is InChI=1S/C18H20N2O2S/c1-14-16(17-9-5-6-10-18(17)20-14)11-12-19-23(21,22)13-15-7-3-2-4-8-15/h2-10,19-20H,11-13H2,1H3. The summed E-state index contributed by atoms with van der Waals surface area (Å²) in [7, 11) is -3.31. The molecule has 3 aromatic rings. The number of sulfonamides is 1. The van der Waals surface area contributed by atoms with E-state index in [0.29, 0.717) is 13.0 Å². The fourth-order valence-corrected chi connectivity index (χ4v) is 3.98. The Balaban J connectivity index is 1.65. The topological polar surface area (TPSA) is 62.0 Å². The van der Waals surface area contributed by atoms with Gasteiger partial charge >= 0.3 is 0 Å². The third-order valence-electron chi connectivity index (χ3n) is 3.92. The fourth-order valence-electron chi connectivity index (χ4n) is 2.83. The van der Waals surface area contributed by atoms with Gasteiger partial charge in [-0.2, -0.15) is 0 Å². The molecule has 5 heteroatoms. The van der Waals surface area contributed by atoms with E-state index in [0.717, 1.165) is 22.2 Å². The van der Waals surface area contributed by atoms with E-state index >= 15 is 0 Å². The highest BCUT2D eigenvalue weighted by atomic mass is 32.2. The Morgan fingerprint density at radius 1 is 1.00 bits per heavy atom. The van der Waals surface area contributed by atoms with Crippen molar-refractivity contribution in [2.45, 2.75) is 19.1 Å². The summed E-state index contributed by atoms with van der Waals surface area (Å²) in [5.74, 6) is 0.0146. The zero-order valence-corrected chi connectivity index (χ0v) is 13.9. The maximum atomic E-state index is 12.2. The first-order valence-electron chi connectivity index (χ1n) is 7.62. The van der Waals surface area contributed by atoms with Crippen LogP contribution in [0, 0.1) is 6.92 Å². The van der Waals surface area contributed by atoms with E-state index in [1.54, 1.807) is 0 Å². The van der Waals surface area contributed by atoms with Gasteiger partial charge in [0.1, 0.15) is 0 Å². The van der Waals surface area contributed by atoms with Crippen molar-refractivity contribution in [3.05, 3.63) is 71.4 Å². The lowest BCUT2D eigenvalue weighted by Gasteiger charge is -2.07. The van der Waals surface area contributed by atoms with Crippen LogP contribution in [0.5, 0.6) is 0 Å². The van der Waals surface area contributed by atoms with Crippen molar-refractivity contribution in [3.8, 4) is 0 Å². The van der Waals surface area contributed by atoms with Crippen molar-refractivity contribution in [2.24, 2.45) is 0 Å². The van der Waals surface area contributed by atoms with Crippen LogP contribution in [-0.4, -0.2) is 19.9 Å². The summed E-state index contributed by atoms with van der Waals surface area (Å²) in [6.45, 7) is 2.42. The van der Waals surface area contributed by atoms with Crippen LogP contribution in [0.1, 0.15) is 16.8 Å². The summed E-state index contributed by atoms with van der Waals surface area (Å²) in [5.41, 5.74) is 4.15. The number of hydrogen-bond donors (Lipinski definition) is 2. The van der Waals surface area contributed by atoms with Gasteiger partial charge in [-0.1, -0.05) is 48.5 Å². The molecule has 0 fully saturated rings. The summed E-state index contributed by atoms with van der Waals surface area (Å²) in [6, 6.07) is 17.3. The summed E-state index contributed by atoms with van der Waals surface area (Å²) >= 11 is 0. The molecule has 0 aliphatic heterocycles. The monoisotopic (exact) mass is 328 g/mol. The highest BCUT2D eigenvalue weighted by Crippen LogP contribution is 2.22. The van der Waals surface area contributed by atoms with Gasteiger partial charge in [-0.05, 0) is 30.5 Å². The minimum absolute atomic E-state index is 0.0146. The average Bonchev–Trinajstić information content (AvgIpc) is 2.84. The SMILES string of the molecule is Cc1[nH]c2ccccc2c1CCNS(=O)(=O)Cc1ccccc1. The molecule has 0 radical (unpaired) electrons. The van der Waals surface area contributed by atoms with Crippen LogP contribution in [-0.2, 0) is 22.2 Å². The lowest BCUT2D eigenvalue weighted by molar-refractivity contribution is 0.581. The van der Waals surface area contributed by atoms with Crippen LogP contribution in [0.15, 0.2) is 54.6 Å². The number of aryl methyl sites for hydroxylation is 1. The second-order valence-corrected chi connectivity index (χ2v) is 7.47. The molecular formula is C18H20N2O2S. The summed E-state index contributed by atoms with van der Waals surface area (Å²) < 4.78 is 27.0. The number of benzene rings is 2. The number of nitrogens with one attached hydrogen (secondary N) is 2. The van der Waals surface area contributed by atoms with Crippen molar-refractivity contribution < 1.29 is 8.42 Å². The molecule has 0 bridgehead atoms. The Morgan fingerprint density at radius 2 is 1.70 bits per heavy atom. The van der Waals surface area contributed by atoms with E-state index in [1.807, 2.05) is 55.5 Å². The normalized spacial score (nSPS) is 11.9. The van der Waals surface area contributed by atoms with Crippen molar-refractivity contribution in [1.82, 2.24) is 9.71 Å². The summed E-state index contributed by atoms with van der Waals surface area (Å²) in [4.78, 5) is 3.34. The Bertz CT molecular complexity index is 899. The molecule has 0 atom stereocenters. The minimum atomic E-state index is -3.31. The molecule has 120 valence electrons. The van der Waals surface area contributed by atoms with E-state index in [2.05, 4.69) is 15.8 Å². The predicted octanol–water partition coefficient (Wildman–Crippen LogP) is 3.14. The van der Waals surface area contributed by atoms with Gasteiger partial charge in [0.05, 0.1) is 5.75 Å². The predicted molar refractivity (Wildman–Crippen MR) is 93.8 cm³/mol. The first-order chi connectivity index (χ1) is 11.1. The maximum Gasteiger partial charge on any atom is 0.215 e. The molecule has 1 heterocycles. The molecule has 0 saturated carbocycles. The summed E-state index contributed by atoms with van der Waals surface area (Å²) in [6.07, 6.45) is 0.671. The number of hydrogen-bond acceptors (Lipinski definition) is 2. The van der Waals surface area contributed by atoms with Crippen LogP contribution in [0.4, 0.5) is 0 Å². The van der Waals surface area contributed by atoms with Gasteiger partial charge in [0.15, 0.2) is 0 Å². The van der Waals surface area contributed by atoms with Gasteiger partial charge in [-0.3, -0.25) is 0 Å². The molecule has 0 saturated heterocycles. The van der Waals surface area contributed by atoms with Gasteiger partial charge in [0.2, 0.25) is 10.0 Å². The number of para-hydroxylation sites is 1. The second-order valence-electron chi connectivity index (χ2n) is 5.66. The van der Waals surface area contributed by atoms with Gasteiger partial charge in [-0.15, -0.1) is 0 Å². The molecule has 23 heavy (non-hydrogen) atoms. The Kier molecular flexibility index (Phi) is 4.50. The molecule has 2 aromatic carbocycles.